The van der Waals surface area contributed by atoms with E-state index in [1.165, 1.54) is 78.9 Å². The van der Waals surface area contributed by atoms with E-state index in [0.717, 1.165) is 48.5 Å². The summed E-state index contributed by atoms with van der Waals surface area (Å²) < 4.78 is 85.6. The van der Waals surface area contributed by atoms with Crippen molar-refractivity contribution in [1.82, 2.24) is 0 Å². The fourth-order valence-electron chi connectivity index (χ4n) is 7.68. The van der Waals surface area contributed by atoms with Crippen LogP contribution in [0.1, 0.15) is 96.1 Å². The third-order valence-electron chi connectivity index (χ3n) is 11.8. The van der Waals surface area contributed by atoms with Crippen molar-refractivity contribution in [3.05, 3.63) is 251 Å². The van der Waals surface area contributed by atoms with Gasteiger partial charge in [0.25, 0.3) is 23.0 Å². The van der Waals surface area contributed by atoms with E-state index in [4.69, 9.17) is 74.3 Å². The van der Waals surface area contributed by atoms with Crippen LogP contribution in [0, 0.1) is 22.7 Å². The highest BCUT2D eigenvalue weighted by molar-refractivity contribution is 9.11. The van der Waals surface area contributed by atoms with E-state index in [1.54, 1.807) is 30.3 Å². The van der Waals surface area contributed by atoms with Crippen molar-refractivity contribution in [3.63, 3.8) is 0 Å². The number of benzene rings is 8. The lowest BCUT2D eigenvalue weighted by atomic mass is 9.85. The maximum atomic E-state index is 14.3. The van der Waals surface area contributed by atoms with Crippen LogP contribution < -0.4 is 21.7 Å². The number of nitrogens with zero attached hydrogens (tertiary/aromatic N) is 2. The van der Waals surface area contributed by atoms with Crippen molar-refractivity contribution in [2.45, 2.75) is 44.8 Å². The largest absolute Gasteiger partial charge is 0.425 e. The zero-order valence-electron chi connectivity index (χ0n) is 44.2. The summed E-state index contributed by atoms with van der Waals surface area (Å²) >= 11 is 41.5. The molecule has 0 saturated carbocycles. The van der Waals surface area contributed by atoms with Gasteiger partial charge in [0, 0.05) is 82.7 Å². The molecular formula is C61H43Br4Cl5F6N6O6. The van der Waals surface area contributed by atoms with E-state index in [1.807, 2.05) is 26.0 Å². The van der Waals surface area contributed by atoms with Crippen LogP contribution in [0.5, 0.6) is 0 Å². The molecule has 458 valence electrons. The van der Waals surface area contributed by atoms with Gasteiger partial charge in [-0.15, -0.1) is 0 Å². The number of rotatable bonds is 11. The molecule has 8 aromatic rings. The highest BCUT2D eigenvalue weighted by Crippen LogP contribution is 2.50. The second-order valence-electron chi connectivity index (χ2n) is 17.6. The van der Waals surface area contributed by atoms with Crippen molar-refractivity contribution in [3.8, 4) is 12.1 Å². The molecule has 0 aliphatic rings. The van der Waals surface area contributed by atoms with E-state index in [9.17, 15) is 55.7 Å². The van der Waals surface area contributed by atoms with Gasteiger partial charge in [-0.05, 0) is 232 Å². The summed E-state index contributed by atoms with van der Waals surface area (Å²) in [6, 6.07) is 38.8. The molecule has 0 heterocycles. The Hall–Kier alpha value is -6.51. The standard InChI is InChI=1S/C29H16Br2Cl2F3N3O3.C21H13Br2Cl2F3N2O2.C8H4ClNO.C2H6.CH4/c30-23-11-19(28(42,29(34,35)36)18-9-20(32)13-21(33)10-18)12-24(31)25(23)39-27(41)17-2-1-3-22(8-17)38-26(40)16-6-4-15(14-37)5-7-16;22-16-7-12(20(32,21(26,27)28)11-5-13(24)9-14(25)6-11)8-17(23)18(16)30-19(31)10-2-1-3-15(29)4-10;9-8(11)7-3-1-6(5-10)2-4-7;1-2;/h1-13,42H,(H,38,40)(H,39,41);1-9,32H,29H2,(H,30,31);1-4H;1-2H3;1H4. The van der Waals surface area contributed by atoms with Crippen LogP contribution in [-0.2, 0) is 11.2 Å². The molecule has 0 radical (unpaired) electrons. The van der Waals surface area contributed by atoms with Crippen LogP contribution >= 0.6 is 122 Å². The smallest absolute Gasteiger partial charge is 0.399 e. The molecule has 3 amide bonds. The van der Waals surface area contributed by atoms with Gasteiger partial charge in [0.15, 0.2) is 0 Å². The van der Waals surface area contributed by atoms with Gasteiger partial charge < -0.3 is 31.9 Å². The molecule has 8 aromatic carbocycles. The van der Waals surface area contributed by atoms with Crippen molar-refractivity contribution in [2.24, 2.45) is 0 Å². The molecule has 88 heavy (non-hydrogen) atoms. The zero-order valence-corrected chi connectivity index (χ0v) is 54.3. The Bertz CT molecular complexity index is 3900. The van der Waals surface area contributed by atoms with Gasteiger partial charge in [0.05, 0.1) is 34.6 Å². The summed E-state index contributed by atoms with van der Waals surface area (Å²) in [6.07, 6.45) is -10.3. The number of hydrogen-bond donors (Lipinski definition) is 6. The van der Waals surface area contributed by atoms with E-state index < -0.39 is 68.8 Å². The number of nitriles is 2. The number of carbonyl (C=O) groups excluding carboxylic acids is 4. The van der Waals surface area contributed by atoms with Crippen LogP contribution in [-0.4, -0.2) is 45.5 Å². The van der Waals surface area contributed by atoms with E-state index in [0.29, 0.717) is 33.6 Å². The summed E-state index contributed by atoms with van der Waals surface area (Å²) in [7, 11) is 0. The number of alkyl halides is 6. The van der Waals surface area contributed by atoms with Crippen LogP contribution in [0.4, 0.5) is 49.1 Å². The number of hydrogen-bond acceptors (Lipinski definition) is 9. The summed E-state index contributed by atoms with van der Waals surface area (Å²) in [5, 5.41) is 46.3. The van der Waals surface area contributed by atoms with Crippen LogP contribution in [0.25, 0.3) is 0 Å². The van der Waals surface area contributed by atoms with E-state index in [-0.39, 0.29) is 67.9 Å². The molecular weight excluding hydrogens is 1520 g/mol. The number of halogens is 15. The molecule has 0 fully saturated rings. The van der Waals surface area contributed by atoms with Gasteiger partial charge in [0.2, 0.25) is 11.2 Å². The lowest BCUT2D eigenvalue weighted by Gasteiger charge is -2.32. The van der Waals surface area contributed by atoms with Crippen LogP contribution in [0.2, 0.25) is 20.1 Å². The minimum absolute atomic E-state index is 0. The topological polar surface area (TPSA) is 218 Å². The molecule has 0 spiro atoms. The molecule has 0 aliphatic heterocycles. The Morgan fingerprint density at radius 2 is 0.784 bits per heavy atom. The average Bonchev–Trinajstić information content (AvgIpc) is 1.02. The third-order valence-corrected chi connectivity index (χ3v) is 15.4. The highest BCUT2D eigenvalue weighted by Gasteiger charge is 2.58. The maximum Gasteiger partial charge on any atom is 0.425 e. The lowest BCUT2D eigenvalue weighted by Crippen LogP contribution is -2.43. The van der Waals surface area contributed by atoms with Crippen molar-refractivity contribution in [2.75, 3.05) is 21.7 Å². The Morgan fingerprint density at radius 1 is 0.466 bits per heavy atom. The summed E-state index contributed by atoms with van der Waals surface area (Å²) in [5.41, 5.74) is -0.532. The summed E-state index contributed by atoms with van der Waals surface area (Å²) in [5.74, 6) is -1.62. The first kappa shape index (κ1) is 74.0. The second kappa shape index (κ2) is 31.8. The van der Waals surface area contributed by atoms with E-state index >= 15 is 0 Å². The lowest BCUT2D eigenvalue weighted by molar-refractivity contribution is -0.248. The number of nitrogen functional groups attached to an aromatic ring is 1. The van der Waals surface area contributed by atoms with Gasteiger partial charge in [-0.25, -0.2) is 0 Å². The maximum absolute atomic E-state index is 14.3. The monoisotopic (exact) mass is 1560 g/mol. The molecule has 2 unspecified atom stereocenters. The van der Waals surface area contributed by atoms with Gasteiger partial charge in [-0.2, -0.15) is 36.9 Å². The van der Waals surface area contributed by atoms with Gasteiger partial charge >= 0.3 is 12.4 Å². The number of nitrogens with one attached hydrogen (secondary N) is 3. The number of aliphatic hydroxyl groups is 2. The molecule has 0 aliphatic carbocycles. The molecule has 8 rings (SSSR count). The molecule has 7 N–H and O–H groups in total. The molecule has 2 atom stereocenters. The Labute approximate surface area is 559 Å². The fourth-order valence-corrected chi connectivity index (χ4v) is 11.6. The van der Waals surface area contributed by atoms with Gasteiger partial charge in [-0.1, -0.05) is 79.8 Å². The Morgan fingerprint density at radius 3 is 1.11 bits per heavy atom. The number of carbonyl (C=O) groups is 4. The predicted molar refractivity (Wildman–Crippen MR) is 346 cm³/mol. The normalized spacial score (nSPS) is 12.1. The zero-order chi connectivity index (χ0) is 64.9. The fraction of sp³-hybridized carbons (Fsp3) is 0.115. The Balaban J connectivity index is 0.000000317. The summed E-state index contributed by atoms with van der Waals surface area (Å²) in [4.78, 5) is 48.7. The first-order chi connectivity index (χ1) is 40.8. The molecule has 0 aromatic heterocycles. The first-order valence-corrected chi connectivity index (χ1v) is 29.5. The average molecular weight is 1570 g/mol. The summed E-state index contributed by atoms with van der Waals surface area (Å²) in [6.45, 7) is 4.00. The van der Waals surface area contributed by atoms with Crippen molar-refractivity contribution < 1.29 is 55.7 Å². The third kappa shape index (κ3) is 18.3. The van der Waals surface area contributed by atoms with Crippen LogP contribution in [0.15, 0.2) is 176 Å². The van der Waals surface area contributed by atoms with Crippen LogP contribution in [0.3, 0.4) is 0 Å². The van der Waals surface area contributed by atoms with E-state index in [2.05, 4.69) is 79.7 Å². The minimum Gasteiger partial charge on any atom is -0.399 e. The predicted octanol–water partition coefficient (Wildman–Crippen LogP) is 19.4. The molecule has 0 bridgehead atoms. The Kier molecular flexibility index (Phi) is 26.7. The van der Waals surface area contributed by atoms with Gasteiger partial charge in [0.1, 0.15) is 0 Å². The SMILES string of the molecule is C.CC.N#Cc1ccc(C(=O)Cl)cc1.N#Cc1ccc(C(=O)Nc2cccc(C(=O)Nc3c(Br)cc(C(O)(c4cc(Cl)cc(Cl)c4)C(F)(F)F)cc3Br)c2)cc1.Nc1cccc(C(=O)Nc2c(Br)cc(C(O)(c3cc(Cl)cc(Cl)c3)C(F)(F)F)cc2Br)c1. The second-order valence-corrected chi connectivity index (χ2v) is 23.1. The van der Waals surface area contributed by atoms with Crippen molar-refractivity contribution >= 4 is 167 Å². The molecule has 0 saturated heterocycles. The van der Waals surface area contributed by atoms with Crippen molar-refractivity contribution in [1.29, 1.82) is 10.5 Å². The quantitative estimate of drug-likeness (QED) is 0.0412. The molecule has 27 heteroatoms. The number of nitrogens with two attached hydrogens (primary N) is 1. The van der Waals surface area contributed by atoms with Gasteiger partial charge in [-0.3, -0.25) is 19.2 Å². The minimum atomic E-state index is -5.17. The molecule has 12 nitrogen and oxygen atoms in total. The highest BCUT2D eigenvalue weighted by atomic mass is 79.9. The first-order valence-electron chi connectivity index (χ1n) is 24.4. The number of anilines is 4. The number of amides is 3.